The molecule has 0 amide bonds. The maximum Gasteiger partial charge on any atom is 0.305 e. The highest BCUT2D eigenvalue weighted by atomic mass is 31.2. The van der Waals surface area contributed by atoms with Crippen LogP contribution < -0.4 is 14.9 Å². The number of unbranched alkanes of at least 4 members (excludes halogenated alkanes) is 11. The third-order valence-corrected chi connectivity index (χ3v) is 4.84. The van der Waals surface area contributed by atoms with Crippen molar-refractivity contribution in [3.05, 3.63) is 0 Å². The van der Waals surface area contributed by atoms with E-state index in [1.54, 1.807) is 0 Å². The largest absolute Gasteiger partial charge is 0.790 e. The molecule has 0 saturated carbocycles. The summed E-state index contributed by atoms with van der Waals surface area (Å²) >= 11 is 0. The fraction of sp³-hybridized carbons (Fsp3) is 0.895. The van der Waals surface area contributed by atoms with Crippen LogP contribution in [0.4, 0.5) is 0 Å². The number of phosphoric ester groups is 1. The fourth-order valence-corrected chi connectivity index (χ4v) is 3.15. The van der Waals surface area contributed by atoms with Crippen molar-refractivity contribution in [2.75, 3.05) is 13.2 Å². The zero-order chi connectivity index (χ0) is 22.0. The number of aliphatic carboxylic acids is 1. The minimum Gasteiger partial charge on any atom is -0.790 e. The number of hydrogen-bond donors (Lipinski definition) is 1. The van der Waals surface area contributed by atoms with Crippen LogP contribution in [0.15, 0.2) is 0 Å². The van der Waals surface area contributed by atoms with Crippen LogP contribution >= 0.6 is 7.82 Å². The summed E-state index contributed by atoms with van der Waals surface area (Å²) in [4.78, 5) is 42.3. The summed E-state index contributed by atoms with van der Waals surface area (Å²) in [6.07, 6.45) is 11.4. The minimum atomic E-state index is -5.13. The second kappa shape index (κ2) is 17.8. The van der Waals surface area contributed by atoms with E-state index < -0.39 is 39.1 Å². The highest BCUT2D eigenvalue weighted by molar-refractivity contribution is 7.43. The van der Waals surface area contributed by atoms with Gasteiger partial charge in [0.25, 0.3) is 0 Å². The number of phosphoric acid groups is 1. The molecule has 0 aromatic heterocycles. The predicted molar refractivity (Wildman–Crippen MR) is 100 cm³/mol. The van der Waals surface area contributed by atoms with Gasteiger partial charge in [-0.25, -0.2) is 0 Å². The first-order chi connectivity index (χ1) is 13.7. The van der Waals surface area contributed by atoms with Gasteiger partial charge in [-0.15, -0.1) is 0 Å². The summed E-state index contributed by atoms with van der Waals surface area (Å²) in [5, 5.41) is 19.6. The molecule has 0 rings (SSSR count). The molecule has 0 spiro atoms. The summed E-state index contributed by atoms with van der Waals surface area (Å²) in [6, 6.07) is 0. The van der Waals surface area contributed by atoms with Gasteiger partial charge in [0.05, 0.1) is 14.4 Å². The van der Waals surface area contributed by atoms with Crippen LogP contribution in [0.5, 0.6) is 0 Å². The number of rotatable bonds is 20. The Morgan fingerprint density at radius 1 is 0.759 bits per heavy atom. The number of carbonyl (C=O) groups excluding carboxylic acids is 2. The van der Waals surface area contributed by atoms with Gasteiger partial charge in [0, 0.05) is 12.4 Å². The smallest absolute Gasteiger partial charge is 0.305 e. The Balaban J connectivity index is 3.32. The molecular weight excluding hydrogens is 403 g/mol. The van der Waals surface area contributed by atoms with Gasteiger partial charge in [-0.05, 0) is 19.3 Å². The lowest BCUT2D eigenvalue weighted by molar-refractivity contribution is -0.342. The molecule has 0 unspecified atom stereocenters. The molecule has 1 N–H and O–H groups in total. The molecule has 0 aromatic carbocycles. The van der Waals surface area contributed by atoms with E-state index in [0.29, 0.717) is 12.8 Å². The maximum atomic E-state index is 11.5. The van der Waals surface area contributed by atoms with Crippen molar-refractivity contribution in [2.24, 2.45) is 0 Å². The number of ether oxygens (including phenoxy) is 1. The Morgan fingerprint density at radius 2 is 1.17 bits per heavy atom. The third kappa shape index (κ3) is 23.2. The molecular formula is C19H34O9P-3. The standard InChI is InChI=1S/C19H37O9P/c20-17(16-28-29(24,25)26)15-27-19(23)14-12-10-8-6-4-2-1-3-5-7-9-11-13-18(21)22/h17,20H,1-16H2,(H,21,22)(H2,24,25,26)/p-3/t17-/m1/s1. The van der Waals surface area contributed by atoms with Crippen LogP contribution in [0.3, 0.4) is 0 Å². The maximum absolute atomic E-state index is 11.5. The lowest BCUT2D eigenvalue weighted by atomic mass is 10.0. The molecule has 0 aromatic rings. The molecule has 29 heavy (non-hydrogen) atoms. The average Bonchev–Trinajstić information content (AvgIpc) is 2.64. The lowest BCUT2D eigenvalue weighted by Gasteiger charge is -2.29. The zero-order valence-corrected chi connectivity index (χ0v) is 17.9. The van der Waals surface area contributed by atoms with Crippen LogP contribution in [-0.4, -0.2) is 36.4 Å². The summed E-state index contributed by atoms with van der Waals surface area (Å²) in [7, 11) is -5.13. The van der Waals surface area contributed by atoms with E-state index in [0.717, 1.165) is 44.9 Å². The highest BCUT2D eigenvalue weighted by Gasteiger charge is 2.09. The molecule has 10 heteroatoms. The van der Waals surface area contributed by atoms with Crippen LogP contribution in [0, 0.1) is 0 Å². The van der Waals surface area contributed by atoms with E-state index in [1.165, 1.54) is 19.3 Å². The van der Waals surface area contributed by atoms with Gasteiger partial charge in [-0.2, -0.15) is 0 Å². The summed E-state index contributed by atoms with van der Waals surface area (Å²) < 4.78 is 18.9. The predicted octanol–water partition coefficient (Wildman–Crippen LogP) is 0.947. The molecule has 0 aliphatic carbocycles. The molecule has 172 valence electrons. The first-order valence-corrected chi connectivity index (χ1v) is 11.9. The topological polar surface area (TPSA) is 159 Å². The summed E-state index contributed by atoms with van der Waals surface area (Å²) in [5.41, 5.74) is 0. The van der Waals surface area contributed by atoms with Gasteiger partial charge >= 0.3 is 5.97 Å². The molecule has 0 fully saturated rings. The van der Waals surface area contributed by atoms with Gasteiger partial charge in [0.2, 0.25) is 0 Å². The van der Waals surface area contributed by atoms with Crippen molar-refractivity contribution < 1.29 is 43.4 Å². The number of carboxylic acid groups (broad SMARTS) is 1. The van der Waals surface area contributed by atoms with E-state index in [2.05, 4.69) is 4.52 Å². The van der Waals surface area contributed by atoms with Crippen LogP contribution in [0.25, 0.3) is 0 Å². The quantitative estimate of drug-likeness (QED) is 0.166. The van der Waals surface area contributed by atoms with Crippen LogP contribution in [0.2, 0.25) is 0 Å². The van der Waals surface area contributed by atoms with Gasteiger partial charge in [0.15, 0.2) is 0 Å². The Morgan fingerprint density at radius 3 is 1.59 bits per heavy atom. The van der Waals surface area contributed by atoms with Crippen molar-refractivity contribution in [2.45, 2.75) is 96.0 Å². The normalized spacial score (nSPS) is 12.7. The molecule has 9 nitrogen and oxygen atoms in total. The van der Waals surface area contributed by atoms with Crippen molar-refractivity contribution in [3.63, 3.8) is 0 Å². The Hall–Kier alpha value is -0.990. The van der Waals surface area contributed by atoms with Crippen molar-refractivity contribution in [3.8, 4) is 0 Å². The van der Waals surface area contributed by atoms with Crippen molar-refractivity contribution >= 4 is 19.8 Å². The second-order valence-electron chi connectivity index (χ2n) is 7.19. The first kappa shape index (κ1) is 28.0. The minimum absolute atomic E-state index is 0.157. The van der Waals surface area contributed by atoms with Gasteiger partial charge in [0.1, 0.15) is 12.7 Å². The molecule has 0 heterocycles. The molecule has 0 aliphatic heterocycles. The number of hydrogen-bond acceptors (Lipinski definition) is 9. The number of aliphatic hydroxyl groups excluding tert-OH is 1. The number of aliphatic hydroxyl groups is 1. The van der Waals surface area contributed by atoms with Gasteiger partial charge in [-0.3, -0.25) is 4.79 Å². The molecule has 1 atom stereocenters. The summed E-state index contributed by atoms with van der Waals surface area (Å²) in [5.74, 6) is -1.45. The van der Waals surface area contributed by atoms with Gasteiger partial charge in [-0.1, -0.05) is 64.2 Å². The van der Waals surface area contributed by atoms with E-state index in [1.807, 2.05) is 0 Å². The van der Waals surface area contributed by atoms with E-state index in [4.69, 9.17) is 4.74 Å². The van der Waals surface area contributed by atoms with Crippen LogP contribution in [-0.2, 0) is 23.4 Å². The molecule has 0 bridgehead atoms. The lowest BCUT2D eigenvalue weighted by Crippen LogP contribution is -2.26. The average molecular weight is 437 g/mol. The van der Waals surface area contributed by atoms with Crippen molar-refractivity contribution in [1.29, 1.82) is 0 Å². The van der Waals surface area contributed by atoms with E-state index in [9.17, 15) is 34.2 Å². The number of carboxylic acids is 1. The molecule has 0 radical (unpaired) electrons. The number of esters is 1. The first-order valence-electron chi connectivity index (χ1n) is 10.4. The van der Waals surface area contributed by atoms with Crippen LogP contribution in [0.1, 0.15) is 89.9 Å². The third-order valence-electron chi connectivity index (χ3n) is 4.37. The second-order valence-corrected chi connectivity index (χ2v) is 8.35. The zero-order valence-electron chi connectivity index (χ0n) is 17.1. The molecule has 0 aliphatic rings. The molecule has 0 saturated heterocycles. The fourth-order valence-electron chi connectivity index (χ4n) is 2.79. The SMILES string of the molecule is O=C([O-])CCCCCCCCCCCCCCC(=O)OC[C@@H](O)COP(=O)([O-])[O-]. The Kier molecular flexibility index (Phi) is 17.2. The number of carbonyl (C=O) groups is 2. The van der Waals surface area contributed by atoms with E-state index >= 15 is 0 Å². The highest BCUT2D eigenvalue weighted by Crippen LogP contribution is 2.24. The van der Waals surface area contributed by atoms with Gasteiger partial charge < -0.3 is 38.6 Å². The Labute approximate surface area is 173 Å². The van der Waals surface area contributed by atoms with E-state index in [-0.39, 0.29) is 12.8 Å². The Bertz CT molecular complexity index is 478. The van der Waals surface area contributed by atoms with Crippen molar-refractivity contribution in [1.82, 2.24) is 0 Å². The summed E-state index contributed by atoms with van der Waals surface area (Å²) in [6.45, 7) is -1.13. The monoisotopic (exact) mass is 437 g/mol.